The van der Waals surface area contributed by atoms with E-state index in [-0.39, 0.29) is 0 Å². The van der Waals surface area contributed by atoms with Gasteiger partial charge in [0.05, 0.1) is 18.8 Å². The first kappa shape index (κ1) is 49.5. The molecule has 0 spiro atoms. The van der Waals surface area contributed by atoms with E-state index in [0.717, 1.165) is 55.4 Å². The number of carbonyl (C=O) groups is 2. The molecule has 342 valence electrons. The van der Waals surface area contributed by atoms with E-state index in [1.807, 2.05) is 4.98 Å². The van der Waals surface area contributed by atoms with Gasteiger partial charge >= 0.3 is 5.69 Å². The number of aromatic nitrogens is 2. The van der Waals surface area contributed by atoms with Gasteiger partial charge in [0.2, 0.25) is 11.8 Å². The Morgan fingerprint density at radius 1 is 0.800 bits per heavy atom. The molecular formula is C40H66N4O16. The number of unbranched alkanes of at least 4 members (excludes halogenated alkanes) is 9. The van der Waals surface area contributed by atoms with Gasteiger partial charge in [-0.25, -0.2) is 4.79 Å². The van der Waals surface area contributed by atoms with Crippen molar-refractivity contribution in [1.82, 2.24) is 20.2 Å². The van der Waals surface area contributed by atoms with Crippen molar-refractivity contribution < 1.29 is 69.4 Å². The smallest absolute Gasteiger partial charge is 0.330 e. The van der Waals surface area contributed by atoms with Crippen LogP contribution in [0.15, 0.2) is 34.0 Å². The summed E-state index contributed by atoms with van der Waals surface area (Å²) in [6.07, 6.45) is -6.31. The first-order chi connectivity index (χ1) is 28.5. The van der Waals surface area contributed by atoms with Crippen molar-refractivity contribution in [1.29, 1.82) is 0 Å². The topological polar surface area (TPSA) is 312 Å². The molecule has 0 saturated carbocycles. The largest absolute Gasteiger partial charge is 0.394 e. The van der Waals surface area contributed by atoms with Crippen LogP contribution in [0.5, 0.6) is 0 Å². The van der Waals surface area contributed by atoms with Crippen LogP contribution >= 0.6 is 0 Å². The van der Waals surface area contributed by atoms with Crippen molar-refractivity contribution in [2.75, 3.05) is 6.61 Å². The lowest BCUT2D eigenvalue weighted by atomic mass is 9.91. The average Bonchev–Trinajstić information content (AvgIpc) is 3.49. The number of rotatable bonds is 22. The maximum absolute atomic E-state index is 13.2. The summed E-state index contributed by atoms with van der Waals surface area (Å²) in [6.45, 7) is 4.83. The molecule has 0 aromatic carbocycles. The molecule has 20 heteroatoms. The van der Waals surface area contributed by atoms with E-state index in [4.69, 9.17) is 18.9 Å². The molecule has 2 amide bonds. The molecule has 3 fully saturated rings. The lowest BCUT2D eigenvalue weighted by Gasteiger charge is -2.47. The fraction of sp³-hybridized carbons (Fsp3) is 0.800. The molecule has 3 saturated heterocycles. The van der Waals surface area contributed by atoms with E-state index in [1.54, 1.807) is 6.08 Å². The number of ether oxygens (including phenoxy) is 4. The highest BCUT2D eigenvalue weighted by Gasteiger charge is 2.53. The van der Waals surface area contributed by atoms with E-state index >= 15 is 0 Å². The van der Waals surface area contributed by atoms with Gasteiger partial charge in [-0.3, -0.25) is 23.9 Å². The van der Waals surface area contributed by atoms with Crippen LogP contribution in [0, 0.1) is 5.92 Å². The number of carbonyl (C=O) groups excluding carboxylic acids is 2. The highest BCUT2D eigenvalue weighted by molar-refractivity contribution is 5.87. The van der Waals surface area contributed by atoms with E-state index in [0.29, 0.717) is 6.42 Å². The maximum Gasteiger partial charge on any atom is 0.330 e. The number of hydrogen-bond acceptors (Lipinski definition) is 16. The summed E-state index contributed by atoms with van der Waals surface area (Å²) in [6, 6.07) is -2.01. The van der Waals surface area contributed by atoms with Crippen molar-refractivity contribution in [2.45, 2.75) is 190 Å². The number of allylic oxidation sites excluding steroid dienone is 1. The summed E-state index contributed by atoms with van der Waals surface area (Å²) in [5.74, 6) is -0.604. The van der Waals surface area contributed by atoms with E-state index in [2.05, 4.69) is 24.5 Å². The van der Waals surface area contributed by atoms with Gasteiger partial charge in [-0.1, -0.05) is 77.7 Å². The molecule has 4 heterocycles. The van der Waals surface area contributed by atoms with E-state index in [1.165, 1.54) is 44.6 Å². The van der Waals surface area contributed by atoms with Crippen LogP contribution in [0.1, 0.15) is 104 Å². The summed E-state index contributed by atoms with van der Waals surface area (Å²) >= 11 is 0. The summed E-state index contributed by atoms with van der Waals surface area (Å²) in [5, 5.41) is 91.5. The fourth-order valence-electron chi connectivity index (χ4n) is 7.80. The molecule has 0 radical (unpaired) electrons. The van der Waals surface area contributed by atoms with Crippen molar-refractivity contribution in [3.05, 3.63) is 45.3 Å². The minimum Gasteiger partial charge on any atom is -0.394 e. The molecular weight excluding hydrogens is 792 g/mol. The Kier molecular flexibility index (Phi) is 19.7. The van der Waals surface area contributed by atoms with Crippen LogP contribution in [-0.2, 0) is 28.5 Å². The van der Waals surface area contributed by atoms with Crippen LogP contribution in [0.4, 0.5) is 0 Å². The average molecular weight is 859 g/mol. The van der Waals surface area contributed by atoms with Gasteiger partial charge in [0, 0.05) is 25.6 Å². The van der Waals surface area contributed by atoms with E-state index < -0.39 is 128 Å². The second-order valence-electron chi connectivity index (χ2n) is 16.5. The second kappa shape index (κ2) is 23.9. The van der Waals surface area contributed by atoms with Gasteiger partial charge in [0.25, 0.3) is 5.56 Å². The van der Waals surface area contributed by atoms with Crippen molar-refractivity contribution in [3.63, 3.8) is 0 Å². The lowest BCUT2D eigenvalue weighted by molar-refractivity contribution is -0.346. The molecule has 4 rings (SSSR count). The van der Waals surface area contributed by atoms with Crippen LogP contribution in [0.25, 0.3) is 0 Å². The Hall–Kier alpha value is -3.12. The van der Waals surface area contributed by atoms with Crippen LogP contribution in [-0.4, -0.2) is 155 Å². The number of nitrogens with one attached hydrogen (secondary N) is 3. The molecule has 3 unspecified atom stereocenters. The van der Waals surface area contributed by atoms with Gasteiger partial charge in [-0.2, -0.15) is 0 Å². The molecule has 3 aliphatic heterocycles. The zero-order chi connectivity index (χ0) is 44.1. The lowest BCUT2D eigenvalue weighted by Crippen LogP contribution is -2.68. The van der Waals surface area contributed by atoms with E-state index in [9.17, 15) is 60.0 Å². The molecule has 1 aromatic heterocycles. The van der Waals surface area contributed by atoms with Gasteiger partial charge < -0.3 is 70.4 Å². The summed E-state index contributed by atoms with van der Waals surface area (Å²) in [7, 11) is 0. The Bertz CT molecular complexity index is 1630. The maximum atomic E-state index is 13.2. The third kappa shape index (κ3) is 13.7. The van der Waals surface area contributed by atoms with Gasteiger partial charge in [0.15, 0.2) is 18.8 Å². The highest BCUT2D eigenvalue weighted by atomic mass is 16.8. The summed E-state index contributed by atoms with van der Waals surface area (Å²) < 4.78 is 24.1. The molecule has 11 N–H and O–H groups in total. The molecule has 15 atom stereocenters. The number of H-pyrrole nitrogens is 1. The number of hydrogen-bond donors (Lipinski definition) is 11. The molecule has 0 aliphatic carbocycles. The highest BCUT2D eigenvalue weighted by Crippen LogP contribution is 2.34. The number of amides is 2. The number of aliphatic hydroxyl groups excluding tert-OH is 8. The van der Waals surface area contributed by atoms with Gasteiger partial charge in [-0.15, -0.1) is 0 Å². The molecule has 20 nitrogen and oxygen atoms in total. The SMILES string of the molecule is CC(=O)N[C@H]1C(O[C@@H]2OC(CC(O)[C@H]3O[C@@H](n4ccc(=O)[nH]c4=O)[C@H](O)[C@@H]3O)[C@H](O)[C@H](O)[C@H]2NC(=O)/C=C/CCCCCCCCCCCC(C)C)O[C@H](CO)[C@@H](O)[C@@H]1O. The number of nitrogens with zero attached hydrogens (tertiary/aromatic N) is 1. The zero-order valence-corrected chi connectivity index (χ0v) is 34.5. The molecule has 0 bridgehead atoms. The Balaban J connectivity index is 1.42. The standard InChI is InChI=1S/C40H66N4O16/c1-21(2)15-13-11-9-7-5-4-6-8-10-12-14-16-26(48)42-29-33(53)30(50)24(57-39(29)60-38-28(41-22(3)46)32(52)31(51)25(20-45)58-38)19-23(47)36-34(54)35(55)37(59-36)44-18-17-27(49)43-40(44)56/h14,16-18,21,23-25,28-39,45,47,50-55H,4-13,15,19-20H2,1-3H3,(H,41,46)(H,42,48)(H,43,49,56)/b16-14+/t23?,24?,25-,28-,29-,30+,31-,32-,33-,34+,35-,36-,37-,38?,39+/m1/s1. The van der Waals surface area contributed by atoms with Crippen LogP contribution < -0.4 is 21.9 Å². The van der Waals surface area contributed by atoms with Crippen LogP contribution in [0.2, 0.25) is 0 Å². The molecule has 3 aliphatic rings. The van der Waals surface area contributed by atoms with Crippen molar-refractivity contribution in [3.8, 4) is 0 Å². The Morgan fingerprint density at radius 2 is 1.37 bits per heavy atom. The third-order valence-electron chi connectivity index (χ3n) is 11.2. The van der Waals surface area contributed by atoms with Gasteiger partial charge in [0.1, 0.15) is 60.9 Å². The Labute approximate surface area is 348 Å². The summed E-state index contributed by atoms with van der Waals surface area (Å²) in [5.41, 5.74) is -1.68. The minimum absolute atomic E-state index is 0.597. The summed E-state index contributed by atoms with van der Waals surface area (Å²) in [4.78, 5) is 51.2. The number of aromatic amines is 1. The molecule has 60 heavy (non-hydrogen) atoms. The minimum atomic E-state index is -1.85. The first-order valence-electron chi connectivity index (χ1n) is 21.1. The number of aliphatic hydroxyl groups is 8. The van der Waals surface area contributed by atoms with Crippen molar-refractivity contribution >= 4 is 11.8 Å². The third-order valence-corrected chi connectivity index (χ3v) is 11.2. The Morgan fingerprint density at radius 3 is 1.95 bits per heavy atom. The monoisotopic (exact) mass is 858 g/mol. The van der Waals surface area contributed by atoms with Gasteiger partial charge in [-0.05, 0) is 24.8 Å². The predicted molar refractivity (Wildman–Crippen MR) is 212 cm³/mol. The van der Waals surface area contributed by atoms with Crippen molar-refractivity contribution in [2.24, 2.45) is 5.92 Å². The second-order valence-corrected chi connectivity index (χ2v) is 16.5. The zero-order valence-electron chi connectivity index (χ0n) is 34.5. The first-order valence-corrected chi connectivity index (χ1v) is 21.1. The fourth-order valence-corrected chi connectivity index (χ4v) is 7.80. The molecule has 1 aromatic rings. The normalized spacial score (nSPS) is 33.9. The van der Waals surface area contributed by atoms with Crippen LogP contribution in [0.3, 0.4) is 0 Å². The predicted octanol–water partition coefficient (Wildman–Crippen LogP) is -1.70. The quantitative estimate of drug-likeness (QED) is 0.0458.